The van der Waals surface area contributed by atoms with E-state index in [1.54, 1.807) is 0 Å². The number of allylic oxidation sites excluding steroid dienone is 10. The zero-order valence-electron chi connectivity index (χ0n) is 40.9. The number of carbonyl (C=O) groups excluding carboxylic acids is 3. The quantitative estimate of drug-likeness (QED) is 0.0262. The molecule has 0 saturated heterocycles. The average Bonchev–Trinajstić information content (AvgIpc) is 3.27. The first-order valence-electron chi connectivity index (χ1n) is 26.3. The molecule has 0 radical (unpaired) electrons. The van der Waals surface area contributed by atoms with Gasteiger partial charge in [-0.2, -0.15) is 0 Å². The lowest BCUT2D eigenvalue weighted by Crippen LogP contribution is -2.30. The van der Waals surface area contributed by atoms with E-state index in [1.165, 1.54) is 109 Å². The van der Waals surface area contributed by atoms with Crippen LogP contribution in [-0.4, -0.2) is 37.2 Å². The number of unbranched alkanes of at least 4 members (excludes halogenated alkanes) is 26. The summed E-state index contributed by atoms with van der Waals surface area (Å²) < 4.78 is 16.8. The SMILES string of the molecule is CC/C=C\C/C=C\C/C=C\C/C=C\CCCCCCCCC(=O)OCC(COC(=O)CCCCCC/C=C\CCCC)OC(=O)CCCCCCCCCCCCCCCCC. The van der Waals surface area contributed by atoms with Gasteiger partial charge in [-0.05, 0) is 77.0 Å². The number of hydrogen-bond donors (Lipinski definition) is 0. The van der Waals surface area contributed by atoms with Crippen molar-refractivity contribution in [2.24, 2.45) is 0 Å². The van der Waals surface area contributed by atoms with Crippen LogP contribution in [0.4, 0.5) is 0 Å². The zero-order valence-corrected chi connectivity index (χ0v) is 40.9. The van der Waals surface area contributed by atoms with Crippen LogP contribution >= 0.6 is 0 Å². The van der Waals surface area contributed by atoms with E-state index >= 15 is 0 Å². The van der Waals surface area contributed by atoms with Crippen LogP contribution in [0.25, 0.3) is 0 Å². The third-order valence-corrected chi connectivity index (χ3v) is 11.3. The van der Waals surface area contributed by atoms with E-state index in [0.29, 0.717) is 19.3 Å². The molecule has 0 fully saturated rings. The van der Waals surface area contributed by atoms with Gasteiger partial charge in [0.25, 0.3) is 0 Å². The van der Waals surface area contributed by atoms with Crippen molar-refractivity contribution in [2.45, 2.75) is 264 Å². The number of esters is 3. The van der Waals surface area contributed by atoms with Gasteiger partial charge in [0.05, 0.1) is 0 Å². The van der Waals surface area contributed by atoms with Crippen LogP contribution in [0.1, 0.15) is 258 Å². The van der Waals surface area contributed by atoms with E-state index in [4.69, 9.17) is 14.2 Å². The zero-order chi connectivity index (χ0) is 45.1. The molecule has 62 heavy (non-hydrogen) atoms. The Kier molecular flexibility index (Phi) is 48.4. The summed E-state index contributed by atoms with van der Waals surface area (Å²) in [6.45, 7) is 6.47. The van der Waals surface area contributed by atoms with Crippen LogP contribution in [0.3, 0.4) is 0 Å². The summed E-state index contributed by atoms with van der Waals surface area (Å²) in [6, 6.07) is 0. The Labute approximate surface area is 383 Å². The second kappa shape index (κ2) is 50.8. The van der Waals surface area contributed by atoms with Crippen molar-refractivity contribution < 1.29 is 28.6 Å². The Bertz CT molecular complexity index is 1130. The average molecular weight is 867 g/mol. The minimum Gasteiger partial charge on any atom is -0.462 e. The fourth-order valence-corrected chi connectivity index (χ4v) is 7.30. The molecule has 0 aliphatic rings. The first kappa shape index (κ1) is 59.1. The molecule has 358 valence electrons. The van der Waals surface area contributed by atoms with Crippen LogP contribution in [-0.2, 0) is 28.6 Å². The molecule has 0 aliphatic carbocycles. The summed E-state index contributed by atoms with van der Waals surface area (Å²) in [7, 11) is 0. The predicted octanol–water partition coefficient (Wildman–Crippen LogP) is 17.3. The largest absolute Gasteiger partial charge is 0.462 e. The normalized spacial score (nSPS) is 12.5. The van der Waals surface area contributed by atoms with Gasteiger partial charge >= 0.3 is 17.9 Å². The summed E-state index contributed by atoms with van der Waals surface area (Å²) in [5.41, 5.74) is 0. The number of carbonyl (C=O) groups is 3. The van der Waals surface area contributed by atoms with Crippen molar-refractivity contribution in [2.75, 3.05) is 13.2 Å². The third-order valence-electron chi connectivity index (χ3n) is 11.3. The Hall–Kier alpha value is -2.89. The van der Waals surface area contributed by atoms with Crippen LogP contribution in [0, 0.1) is 0 Å². The maximum absolute atomic E-state index is 12.8. The van der Waals surface area contributed by atoms with Gasteiger partial charge < -0.3 is 14.2 Å². The minimum absolute atomic E-state index is 0.0832. The maximum atomic E-state index is 12.8. The second-order valence-electron chi connectivity index (χ2n) is 17.4. The van der Waals surface area contributed by atoms with E-state index in [2.05, 4.69) is 81.5 Å². The van der Waals surface area contributed by atoms with Crippen molar-refractivity contribution in [1.29, 1.82) is 0 Å². The van der Waals surface area contributed by atoms with Gasteiger partial charge in [-0.25, -0.2) is 0 Å². The standard InChI is InChI=1S/C56H98O6/c1-4-7-10-13-16-19-22-24-26-27-28-29-31-32-34-37-40-43-46-49-55(58)61-52-53(51-60-54(57)48-45-42-39-36-21-18-15-12-9-6-3)62-56(59)50-47-44-41-38-35-33-30-25-23-20-17-14-11-8-5-2/h7,10,15-16,18-19,24,26,28-29,53H,4-6,8-9,11-14,17,20-23,25,27,30-52H2,1-3H3/b10-7-,18-15-,19-16-,26-24-,29-28-. The molecule has 0 spiro atoms. The molecule has 6 nitrogen and oxygen atoms in total. The minimum atomic E-state index is -0.781. The van der Waals surface area contributed by atoms with Crippen LogP contribution in [0.5, 0.6) is 0 Å². The van der Waals surface area contributed by atoms with Crippen molar-refractivity contribution in [1.82, 2.24) is 0 Å². The van der Waals surface area contributed by atoms with Gasteiger partial charge in [0.1, 0.15) is 13.2 Å². The van der Waals surface area contributed by atoms with Crippen molar-refractivity contribution in [3.05, 3.63) is 60.8 Å². The molecule has 6 heteroatoms. The molecule has 0 amide bonds. The monoisotopic (exact) mass is 867 g/mol. The summed E-state index contributed by atoms with van der Waals surface area (Å²) in [4.78, 5) is 37.9. The van der Waals surface area contributed by atoms with Gasteiger partial charge in [0.15, 0.2) is 6.10 Å². The molecule has 1 atom stereocenters. The van der Waals surface area contributed by atoms with Gasteiger partial charge in [-0.1, -0.05) is 223 Å². The Balaban J connectivity index is 4.35. The Morgan fingerprint density at radius 3 is 1.05 bits per heavy atom. The lowest BCUT2D eigenvalue weighted by atomic mass is 10.0. The van der Waals surface area contributed by atoms with E-state index in [-0.39, 0.29) is 31.1 Å². The smallest absolute Gasteiger partial charge is 0.306 e. The molecule has 0 bridgehead atoms. The predicted molar refractivity (Wildman–Crippen MR) is 265 cm³/mol. The molecule has 0 saturated carbocycles. The topological polar surface area (TPSA) is 78.9 Å². The van der Waals surface area contributed by atoms with Crippen molar-refractivity contribution >= 4 is 17.9 Å². The summed E-state index contributed by atoms with van der Waals surface area (Å²) >= 11 is 0. The molecule has 0 heterocycles. The van der Waals surface area contributed by atoms with Crippen LogP contribution in [0.15, 0.2) is 60.8 Å². The highest BCUT2D eigenvalue weighted by molar-refractivity contribution is 5.71. The van der Waals surface area contributed by atoms with Crippen molar-refractivity contribution in [3.8, 4) is 0 Å². The van der Waals surface area contributed by atoms with E-state index in [1.807, 2.05) is 0 Å². The molecule has 0 aromatic heterocycles. The van der Waals surface area contributed by atoms with Crippen molar-refractivity contribution in [3.63, 3.8) is 0 Å². The lowest BCUT2D eigenvalue weighted by Gasteiger charge is -2.18. The van der Waals surface area contributed by atoms with Gasteiger partial charge in [0.2, 0.25) is 0 Å². The molecule has 0 aliphatic heterocycles. The number of rotatable bonds is 47. The highest BCUT2D eigenvalue weighted by Crippen LogP contribution is 2.15. The maximum Gasteiger partial charge on any atom is 0.306 e. The molecule has 1 unspecified atom stereocenters. The number of ether oxygens (including phenoxy) is 3. The first-order chi connectivity index (χ1) is 30.5. The first-order valence-corrected chi connectivity index (χ1v) is 26.3. The highest BCUT2D eigenvalue weighted by Gasteiger charge is 2.19. The third kappa shape index (κ3) is 48.1. The Morgan fingerprint density at radius 1 is 0.339 bits per heavy atom. The summed E-state index contributed by atoms with van der Waals surface area (Å²) in [5, 5.41) is 0. The molecule has 0 aromatic carbocycles. The molecular formula is C56H98O6. The molecule has 0 aromatic rings. The molecule has 0 N–H and O–H groups in total. The van der Waals surface area contributed by atoms with Gasteiger partial charge in [-0.3, -0.25) is 14.4 Å². The lowest BCUT2D eigenvalue weighted by molar-refractivity contribution is -0.167. The van der Waals surface area contributed by atoms with Gasteiger partial charge in [0, 0.05) is 19.3 Å². The second-order valence-corrected chi connectivity index (χ2v) is 17.4. The number of hydrogen-bond acceptors (Lipinski definition) is 6. The molecular weight excluding hydrogens is 769 g/mol. The molecule has 0 rings (SSSR count). The fourth-order valence-electron chi connectivity index (χ4n) is 7.30. The van der Waals surface area contributed by atoms with E-state index in [9.17, 15) is 14.4 Å². The van der Waals surface area contributed by atoms with Crippen LogP contribution < -0.4 is 0 Å². The summed E-state index contributed by atoms with van der Waals surface area (Å²) in [6.07, 6.45) is 62.1. The van der Waals surface area contributed by atoms with Gasteiger partial charge in [-0.15, -0.1) is 0 Å². The van der Waals surface area contributed by atoms with Crippen LogP contribution in [0.2, 0.25) is 0 Å². The van der Waals surface area contributed by atoms with E-state index in [0.717, 1.165) is 109 Å². The fraction of sp³-hybridized carbons (Fsp3) is 0.768. The summed E-state index contributed by atoms with van der Waals surface area (Å²) in [5.74, 6) is -0.903. The van der Waals surface area contributed by atoms with E-state index < -0.39 is 6.10 Å². The highest BCUT2D eigenvalue weighted by atomic mass is 16.6. The Morgan fingerprint density at radius 2 is 0.645 bits per heavy atom.